The van der Waals surface area contributed by atoms with E-state index in [4.69, 9.17) is 4.52 Å². The van der Waals surface area contributed by atoms with Gasteiger partial charge in [-0.25, -0.2) is 12.8 Å². The molecule has 158 valence electrons. The second kappa shape index (κ2) is 8.27. The van der Waals surface area contributed by atoms with Crippen molar-refractivity contribution in [3.63, 3.8) is 0 Å². The number of hydrogen-bond donors (Lipinski definition) is 1. The first-order valence-corrected chi connectivity index (χ1v) is 10.6. The minimum atomic E-state index is -4.18. The maximum atomic E-state index is 13.9. The van der Waals surface area contributed by atoms with Crippen LogP contribution in [0.2, 0.25) is 0 Å². The van der Waals surface area contributed by atoms with Gasteiger partial charge in [-0.05, 0) is 63.1 Å². The Morgan fingerprint density at radius 2 is 1.73 bits per heavy atom. The number of nitrogens with zero attached hydrogens (tertiary/aromatic N) is 2. The van der Waals surface area contributed by atoms with Gasteiger partial charge in [0.25, 0.3) is 10.0 Å². The molecule has 0 aliphatic rings. The van der Waals surface area contributed by atoms with Gasteiger partial charge in [-0.1, -0.05) is 23.4 Å². The smallest absolute Gasteiger partial charge is 0.270 e. The lowest BCUT2D eigenvalue weighted by Crippen LogP contribution is -2.38. The van der Waals surface area contributed by atoms with Crippen LogP contribution in [-0.4, -0.2) is 26.0 Å². The monoisotopic (exact) mass is 431 g/mol. The zero-order valence-corrected chi connectivity index (χ0v) is 17.9. The third-order valence-electron chi connectivity index (χ3n) is 4.45. The fourth-order valence-electron chi connectivity index (χ4n) is 3.25. The Morgan fingerprint density at radius 1 is 1.10 bits per heavy atom. The molecule has 1 heterocycles. The second-order valence-electron chi connectivity index (χ2n) is 7.04. The van der Waals surface area contributed by atoms with Gasteiger partial charge in [0.2, 0.25) is 5.91 Å². The molecule has 2 aromatic carbocycles. The van der Waals surface area contributed by atoms with Gasteiger partial charge in [0.1, 0.15) is 18.1 Å². The molecule has 0 radical (unpaired) electrons. The third kappa shape index (κ3) is 4.35. The SMILES string of the molecule is Cc1cc(C)cc(N(CC(=O)Nc2ccccc2F)S(=O)(=O)c2c(C)noc2C)c1. The highest BCUT2D eigenvalue weighted by Crippen LogP contribution is 2.29. The lowest BCUT2D eigenvalue weighted by Gasteiger charge is -2.24. The predicted octanol–water partition coefficient (Wildman–Crippen LogP) is 3.88. The highest BCUT2D eigenvalue weighted by molar-refractivity contribution is 7.93. The Kier molecular flexibility index (Phi) is 5.93. The van der Waals surface area contributed by atoms with Gasteiger partial charge in [-0.15, -0.1) is 0 Å². The number of nitrogens with one attached hydrogen (secondary N) is 1. The van der Waals surface area contributed by atoms with E-state index in [-0.39, 0.29) is 22.0 Å². The van der Waals surface area contributed by atoms with Crippen LogP contribution in [0.4, 0.5) is 15.8 Å². The van der Waals surface area contributed by atoms with E-state index < -0.39 is 28.3 Å². The molecule has 1 N–H and O–H groups in total. The topological polar surface area (TPSA) is 92.5 Å². The molecule has 0 atom stereocenters. The van der Waals surface area contributed by atoms with Crippen molar-refractivity contribution in [3.05, 3.63) is 70.9 Å². The molecule has 0 spiro atoms. The Hall–Kier alpha value is -3.20. The summed E-state index contributed by atoms with van der Waals surface area (Å²) >= 11 is 0. The molecule has 7 nitrogen and oxygen atoms in total. The molecule has 0 bridgehead atoms. The molecule has 0 aliphatic carbocycles. The van der Waals surface area contributed by atoms with Crippen LogP contribution in [0, 0.1) is 33.5 Å². The van der Waals surface area contributed by atoms with Crippen LogP contribution in [0.3, 0.4) is 0 Å². The predicted molar refractivity (Wildman–Crippen MR) is 111 cm³/mol. The van der Waals surface area contributed by atoms with E-state index >= 15 is 0 Å². The summed E-state index contributed by atoms with van der Waals surface area (Å²) < 4.78 is 46.9. The first kappa shape index (κ1) is 21.5. The molecule has 1 aromatic heterocycles. The average Bonchev–Trinajstić information content (AvgIpc) is 2.99. The van der Waals surface area contributed by atoms with Crippen LogP contribution >= 0.6 is 0 Å². The molecule has 30 heavy (non-hydrogen) atoms. The quantitative estimate of drug-likeness (QED) is 0.639. The van der Waals surface area contributed by atoms with Crippen LogP contribution < -0.4 is 9.62 Å². The number of para-hydroxylation sites is 1. The summed E-state index contributed by atoms with van der Waals surface area (Å²) in [5, 5.41) is 6.15. The summed E-state index contributed by atoms with van der Waals surface area (Å²) in [6, 6.07) is 10.9. The van der Waals surface area contributed by atoms with E-state index in [0.29, 0.717) is 5.69 Å². The molecule has 0 unspecified atom stereocenters. The van der Waals surface area contributed by atoms with Gasteiger partial charge in [-0.3, -0.25) is 9.10 Å². The van der Waals surface area contributed by atoms with Gasteiger partial charge in [0.15, 0.2) is 10.7 Å². The Bertz CT molecular complexity index is 1160. The van der Waals surface area contributed by atoms with Crippen molar-refractivity contribution in [2.45, 2.75) is 32.6 Å². The number of aromatic nitrogens is 1. The van der Waals surface area contributed by atoms with Crippen LogP contribution in [0.15, 0.2) is 51.9 Å². The van der Waals surface area contributed by atoms with Crippen molar-refractivity contribution < 1.29 is 22.1 Å². The van der Waals surface area contributed by atoms with Gasteiger partial charge in [-0.2, -0.15) is 0 Å². The van der Waals surface area contributed by atoms with E-state index in [0.717, 1.165) is 15.4 Å². The summed E-state index contributed by atoms with van der Waals surface area (Å²) in [6.45, 7) is 6.12. The molecule has 1 amide bonds. The highest BCUT2D eigenvalue weighted by Gasteiger charge is 2.33. The van der Waals surface area contributed by atoms with Crippen molar-refractivity contribution in [3.8, 4) is 0 Å². The number of carbonyl (C=O) groups is 1. The molecule has 9 heteroatoms. The molecule has 0 aliphatic heterocycles. The Labute approximate surface area is 174 Å². The standard InChI is InChI=1S/C21H22FN3O4S/c1-13-9-14(2)11-17(10-13)25(30(27,28)21-15(3)24-29-16(21)4)12-20(26)23-19-8-6-5-7-18(19)22/h5-11H,12H2,1-4H3,(H,23,26). The molecule has 3 aromatic rings. The number of anilines is 2. The average molecular weight is 431 g/mol. The minimum absolute atomic E-state index is 0.0300. The fraction of sp³-hybridized carbons (Fsp3) is 0.238. The first-order valence-electron chi connectivity index (χ1n) is 9.18. The summed E-state index contributed by atoms with van der Waals surface area (Å²) in [6.07, 6.45) is 0. The van der Waals surface area contributed by atoms with E-state index in [9.17, 15) is 17.6 Å². The summed E-state index contributed by atoms with van der Waals surface area (Å²) in [5.74, 6) is -1.18. The summed E-state index contributed by atoms with van der Waals surface area (Å²) in [5.41, 5.74) is 2.14. The highest BCUT2D eigenvalue weighted by atomic mass is 32.2. The van der Waals surface area contributed by atoms with Gasteiger partial charge in [0.05, 0.1) is 11.4 Å². The maximum Gasteiger partial charge on any atom is 0.270 e. The molecule has 3 rings (SSSR count). The number of carbonyl (C=O) groups excluding carboxylic acids is 1. The largest absolute Gasteiger partial charge is 0.360 e. The zero-order chi connectivity index (χ0) is 22.1. The number of halogens is 1. The number of amides is 1. The number of aryl methyl sites for hydroxylation is 4. The number of benzene rings is 2. The number of sulfonamides is 1. The van der Waals surface area contributed by atoms with Crippen molar-refractivity contribution in [1.82, 2.24) is 5.16 Å². The second-order valence-corrected chi connectivity index (χ2v) is 8.84. The number of hydrogen-bond acceptors (Lipinski definition) is 5. The Balaban J connectivity index is 2.04. The van der Waals surface area contributed by atoms with Crippen LogP contribution in [0.5, 0.6) is 0 Å². The van der Waals surface area contributed by atoms with Gasteiger partial charge < -0.3 is 9.84 Å². The van der Waals surface area contributed by atoms with Crippen molar-refractivity contribution in [2.75, 3.05) is 16.2 Å². The molecular weight excluding hydrogens is 409 g/mol. The van der Waals surface area contributed by atoms with Crippen molar-refractivity contribution in [1.29, 1.82) is 0 Å². The van der Waals surface area contributed by atoms with E-state index in [1.807, 2.05) is 19.9 Å². The third-order valence-corrected chi connectivity index (χ3v) is 6.46. The normalized spacial score (nSPS) is 11.4. The van der Waals surface area contributed by atoms with Gasteiger partial charge in [0, 0.05) is 0 Å². The van der Waals surface area contributed by atoms with E-state index in [1.165, 1.54) is 32.0 Å². The van der Waals surface area contributed by atoms with Gasteiger partial charge >= 0.3 is 0 Å². The lowest BCUT2D eigenvalue weighted by molar-refractivity contribution is -0.114. The molecular formula is C21H22FN3O4S. The number of rotatable bonds is 6. The lowest BCUT2D eigenvalue weighted by atomic mass is 10.1. The van der Waals surface area contributed by atoms with E-state index in [2.05, 4.69) is 10.5 Å². The van der Waals surface area contributed by atoms with Crippen LogP contribution in [-0.2, 0) is 14.8 Å². The first-order chi connectivity index (χ1) is 14.1. The summed E-state index contributed by atoms with van der Waals surface area (Å²) in [4.78, 5) is 12.6. The molecule has 0 saturated heterocycles. The van der Waals surface area contributed by atoms with Crippen LogP contribution in [0.1, 0.15) is 22.6 Å². The van der Waals surface area contributed by atoms with Crippen molar-refractivity contribution >= 4 is 27.3 Å². The minimum Gasteiger partial charge on any atom is -0.360 e. The van der Waals surface area contributed by atoms with Crippen LogP contribution in [0.25, 0.3) is 0 Å². The zero-order valence-electron chi connectivity index (χ0n) is 17.1. The Morgan fingerprint density at radius 3 is 2.30 bits per heavy atom. The molecule has 0 fully saturated rings. The summed E-state index contributed by atoms with van der Waals surface area (Å²) in [7, 11) is -4.18. The maximum absolute atomic E-state index is 13.9. The fourth-order valence-corrected chi connectivity index (χ4v) is 4.95. The van der Waals surface area contributed by atoms with E-state index in [1.54, 1.807) is 18.2 Å². The molecule has 0 saturated carbocycles. The van der Waals surface area contributed by atoms with Crippen molar-refractivity contribution in [2.24, 2.45) is 0 Å².